The minimum Gasteiger partial charge on any atom is -0.339 e. The normalized spacial score (nSPS) is 10.7. The first kappa shape index (κ1) is 18.2. The fourth-order valence-electron chi connectivity index (χ4n) is 2.33. The Bertz CT molecular complexity index is 435. The first-order chi connectivity index (χ1) is 10.1. The molecule has 0 N–H and O–H groups in total. The molecular weight excluding hydrogens is 326 g/mol. The number of amides is 1. The average molecular weight is 354 g/mol. The molecule has 0 aromatic heterocycles. The van der Waals surface area contributed by atoms with Crippen LogP contribution in [0.1, 0.15) is 68.3 Å². The zero-order valence-corrected chi connectivity index (χ0v) is 15.2. The van der Waals surface area contributed by atoms with E-state index in [-0.39, 0.29) is 5.91 Å². The Hall–Kier alpha value is -0.830. The van der Waals surface area contributed by atoms with Gasteiger partial charge in [0.25, 0.3) is 5.91 Å². The van der Waals surface area contributed by atoms with Gasteiger partial charge in [-0.25, -0.2) is 0 Å². The van der Waals surface area contributed by atoms with E-state index in [1.54, 1.807) is 0 Å². The Labute approximate surface area is 138 Å². The SMILES string of the molecule is CCCCCN(CCCCC)C(=O)c1ccc(C)c(Br)c1. The molecule has 1 rings (SSSR count). The Morgan fingerprint density at radius 3 is 2.10 bits per heavy atom. The number of hydrogen-bond donors (Lipinski definition) is 0. The molecule has 0 aliphatic carbocycles. The van der Waals surface area contributed by atoms with Gasteiger partial charge in [0.1, 0.15) is 0 Å². The number of unbranched alkanes of at least 4 members (excludes halogenated alkanes) is 4. The Morgan fingerprint density at radius 2 is 1.62 bits per heavy atom. The summed E-state index contributed by atoms with van der Waals surface area (Å²) in [5.74, 6) is 0.169. The van der Waals surface area contributed by atoms with Crippen LogP contribution in [-0.4, -0.2) is 23.9 Å². The first-order valence-corrected chi connectivity index (χ1v) is 8.94. The van der Waals surface area contributed by atoms with Gasteiger partial charge in [-0.2, -0.15) is 0 Å². The van der Waals surface area contributed by atoms with Gasteiger partial charge in [0.15, 0.2) is 0 Å². The number of hydrogen-bond acceptors (Lipinski definition) is 1. The van der Waals surface area contributed by atoms with Crippen molar-refractivity contribution >= 4 is 21.8 Å². The topological polar surface area (TPSA) is 20.3 Å². The van der Waals surface area contributed by atoms with Gasteiger partial charge in [-0.1, -0.05) is 61.5 Å². The van der Waals surface area contributed by atoms with Crippen molar-refractivity contribution in [2.45, 2.75) is 59.3 Å². The number of carbonyl (C=O) groups is 1. The first-order valence-electron chi connectivity index (χ1n) is 8.15. The molecule has 0 fully saturated rings. The molecule has 0 spiro atoms. The second-order valence-corrected chi connectivity index (χ2v) is 6.52. The molecule has 0 radical (unpaired) electrons. The van der Waals surface area contributed by atoms with Crippen molar-refractivity contribution < 1.29 is 4.79 Å². The van der Waals surface area contributed by atoms with Gasteiger partial charge >= 0.3 is 0 Å². The zero-order valence-electron chi connectivity index (χ0n) is 13.6. The molecule has 118 valence electrons. The van der Waals surface area contributed by atoms with E-state index in [0.29, 0.717) is 0 Å². The van der Waals surface area contributed by atoms with Gasteiger partial charge in [-0.15, -0.1) is 0 Å². The summed E-state index contributed by atoms with van der Waals surface area (Å²) in [7, 11) is 0. The molecule has 0 saturated heterocycles. The number of aryl methyl sites for hydroxylation is 1. The van der Waals surface area contributed by atoms with Crippen LogP contribution in [-0.2, 0) is 0 Å². The maximum Gasteiger partial charge on any atom is 0.253 e. The van der Waals surface area contributed by atoms with Crippen molar-refractivity contribution in [3.63, 3.8) is 0 Å². The number of benzene rings is 1. The average Bonchev–Trinajstić information content (AvgIpc) is 2.48. The largest absolute Gasteiger partial charge is 0.339 e. The second kappa shape index (κ2) is 9.99. The maximum absolute atomic E-state index is 12.7. The summed E-state index contributed by atoms with van der Waals surface area (Å²) in [4.78, 5) is 14.7. The standard InChI is InChI=1S/C18H28BrNO/c1-4-6-8-12-20(13-9-7-5-2)18(21)16-11-10-15(3)17(19)14-16/h10-11,14H,4-9,12-13H2,1-3H3. The summed E-state index contributed by atoms with van der Waals surface area (Å²) in [6.07, 6.45) is 6.95. The third-order valence-corrected chi connectivity index (χ3v) is 4.62. The highest BCUT2D eigenvalue weighted by atomic mass is 79.9. The fraction of sp³-hybridized carbons (Fsp3) is 0.611. The second-order valence-electron chi connectivity index (χ2n) is 5.67. The van der Waals surface area contributed by atoms with Crippen molar-refractivity contribution in [1.82, 2.24) is 4.90 Å². The maximum atomic E-state index is 12.7. The minimum absolute atomic E-state index is 0.169. The molecule has 0 aliphatic heterocycles. The van der Waals surface area contributed by atoms with Gasteiger partial charge in [0.05, 0.1) is 0 Å². The van der Waals surface area contributed by atoms with Gasteiger partial charge in [0.2, 0.25) is 0 Å². The van der Waals surface area contributed by atoms with E-state index in [1.165, 1.54) is 25.7 Å². The van der Waals surface area contributed by atoms with Crippen LogP contribution in [0.25, 0.3) is 0 Å². The van der Waals surface area contributed by atoms with Crippen LogP contribution < -0.4 is 0 Å². The third kappa shape index (κ3) is 6.21. The number of nitrogens with zero attached hydrogens (tertiary/aromatic N) is 1. The fourth-order valence-corrected chi connectivity index (χ4v) is 2.71. The molecule has 3 heteroatoms. The molecule has 0 bridgehead atoms. The molecule has 0 unspecified atom stereocenters. The smallest absolute Gasteiger partial charge is 0.253 e. The highest BCUT2D eigenvalue weighted by molar-refractivity contribution is 9.10. The zero-order chi connectivity index (χ0) is 15.7. The summed E-state index contributed by atoms with van der Waals surface area (Å²) in [5, 5.41) is 0. The summed E-state index contributed by atoms with van der Waals surface area (Å²) >= 11 is 3.52. The van der Waals surface area contributed by atoms with Gasteiger partial charge in [-0.05, 0) is 37.5 Å². The van der Waals surface area contributed by atoms with Crippen molar-refractivity contribution in [1.29, 1.82) is 0 Å². The van der Waals surface area contributed by atoms with Crippen LogP contribution in [0.3, 0.4) is 0 Å². The van der Waals surface area contributed by atoms with Crippen LogP contribution in [0.5, 0.6) is 0 Å². The van der Waals surface area contributed by atoms with E-state index in [2.05, 4.69) is 29.8 Å². The predicted molar refractivity (Wildman–Crippen MR) is 93.8 cm³/mol. The van der Waals surface area contributed by atoms with Crippen LogP contribution in [0.4, 0.5) is 0 Å². The number of rotatable bonds is 9. The summed E-state index contributed by atoms with van der Waals surface area (Å²) in [6.45, 7) is 8.18. The highest BCUT2D eigenvalue weighted by Gasteiger charge is 2.15. The van der Waals surface area contributed by atoms with Crippen LogP contribution in [0, 0.1) is 6.92 Å². The summed E-state index contributed by atoms with van der Waals surface area (Å²) in [6, 6.07) is 5.90. The molecule has 0 saturated carbocycles. The van der Waals surface area contributed by atoms with Crippen molar-refractivity contribution in [2.75, 3.05) is 13.1 Å². The Balaban J connectivity index is 2.73. The quantitative estimate of drug-likeness (QED) is 0.530. The molecule has 0 aliphatic rings. The lowest BCUT2D eigenvalue weighted by Crippen LogP contribution is -2.33. The minimum atomic E-state index is 0.169. The monoisotopic (exact) mass is 353 g/mol. The van der Waals surface area contributed by atoms with E-state index < -0.39 is 0 Å². The lowest BCUT2D eigenvalue weighted by molar-refractivity contribution is 0.0749. The van der Waals surface area contributed by atoms with Crippen molar-refractivity contribution in [3.8, 4) is 0 Å². The molecule has 1 amide bonds. The lowest BCUT2D eigenvalue weighted by Gasteiger charge is -2.23. The predicted octanol–water partition coefficient (Wildman–Crippen LogP) is 5.58. The Morgan fingerprint density at radius 1 is 1.05 bits per heavy atom. The lowest BCUT2D eigenvalue weighted by atomic mass is 10.1. The third-order valence-electron chi connectivity index (χ3n) is 3.77. The van der Waals surface area contributed by atoms with E-state index >= 15 is 0 Å². The van der Waals surface area contributed by atoms with Gasteiger partial charge < -0.3 is 4.90 Å². The van der Waals surface area contributed by atoms with E-state index in [9.17, 15) is 4.79 Å². The summed E-state index contributed by atoms with van der Waals surface area (Å²) < 4.78 is 1.01. The molecule has 2 nitrogen and oxygen atoms in total. The number of halogens is 1. The highest BCUT2D eigenvalue weighted by Crippen LogP contribution is 2.19. The molecule has 1 aromatic rings. The van der Waals surface area contributed by atoms with Crippen LogP contribution >= 0.6 is 15.9 Å². The molecule has 21 heavy (non-hydrogen) atoms. The van der Waals surface area contributed by atoms with Crippen LogP contribution in [0.2, 0.25) is 0 Å². The van der Waals surface area contributed by atoms with E-state index in [1.807, 2.05) is 30.0 Å². The Kier molecular flexibility index (Phi) is 8.67. The molecule has 0 atom stereocenters. The van der Waals surface area contributed by atoms with Crippen molar-refractivity contribution in [3.05, 3.63) is 33.8 Å². The van der Waals surface area contributed by atoms with Crippen molar-refractivity contribution in [2.24, 2.45) is 0 Å². The van der Waals surface area contributed by atoms with E-state index in [0.717, 1.165) is 41.5 Å². The summed E-state index contributed by atoms with van der Waals surface area (Å²) in [5.41, 5.74) is 1.95. The number of carbonyl (C=O) groups excluding carboxylic acids is 1. The van der Waals surface area contributed by atoms with Gasteiger partial charge in [0, 0.05) is 23.1 Å². The van der Waals surface area contributed by atoms with Gasteiger partial charge in [-0.3, -0.25) is 4.79 Å². The molecule has 0 heterocycles. The molecule has 1 aromatic carbocycles. The molecular formula is C18H28BrNO. The van der Waals surface area contributed by atoms with E-state index in [4.69, 9.17) is 0 Å². The van der Waals surface area contributed by atoms with Crippen LogP contribution in [0.15, 0.2) is 22.7 Å².